The number of furan rings is 1. The third-order valence-corrected chi connectivity index (χ3v) is 12.6. The number of pyridine rings is 2. The minimum absolute atomic E-state index is 0. The van der Waals surface area contributed by atoms with Crippen LogP contribution in [0.15, 0.2) is 132 Å². The summed E-state index contributed by atoms with van der Waals surface area (Å²) < 4.78 is 38.9. The van der Waals surface area contributed by atoms with Gasteiger partial charge in [0.2, 0.25) is 0 Å². The van der Waals surface area contributed by atoms with Crippen molar-refractivity contribution in [3.8, 4) is 44.8 Å². The third-order valence-electron chi connectivity index (χ3n) is 10.6. The van der Waals surface area contributed by atoms with E-state index < -0.39 is 20.8 Å². The van der Waals surface area contributed by atoms with Crippen molar-refractivity contribution in [2.75, 3.05) is 0 Å². The maximum absolute atomic E-state index is 8.66. The Kier molecular flexibility index (Phi) is 10.2. The average molecular weight is 929 g/mol. The molecule has 3 aromatic heterocycles. The third kappa shape index (κ3) is 8.00. The number of aromatic nitrogens is 2. The fourth-order valence-electron chi connectivity index (χ4n) is 7.72. The molecule has 8 aromatic rings. The smallest absolute Gasteiger partial charge is 0.121 e. The fraction of sp³-hybridized carbons (Fsp3) is 0.216. The van der Waals surface area contributed by atoms with Gasteiger partial charge >= 0.3 is 0 Å². The van der Waals surface area contributed by atoms with Crippen molar-refractivity contribution in [1.29, 1.82) is 0 Å². The van der Waals surface area contributed by atoms with Crippen LogP contribution in [-0.4, -0.2) is 18.0 Å². The molecule has 0 amide bonds. The van der Waals surface area contributed by atoms with E-state index in [0.29, 0.717) is 11.3 Å². The number of aryl methyl sites for hydroxylation is 2. The summed E-state index contributed by atoms with van der Waals surface area (Å²) in [7, 11) is -1.68. The number of fused-ring (bicyclic) bond motifs is 4. The molecule has 9 rings (SSSR count). The van der Waals surface area contributed by atoms with Crippen molar-refractivity contribution < 1.29 is 30.0 Å². The molecular formula is C51H48IrN2OSi-2. The zero-order valence-corrected chi connectivity index (χ0v) is 36.0. The Morgan fingerprint density at radius 1 is 0.786 bits per heavy atom. The maximum Gasteiger partial charge on any atom is 0.121 e. The van der Waals surface area contributed by atoms with Gasteiger partial charge < -0.3 is 14.4 Å². The van der Waals surface area contributed by atoms with Crippen LogP contribution < -0.4 is 5.19 Å². The Balaban J connectivity index is 0.000000178. The summed E-state index contributed by atoms with van der Waals surface area (Å²) in [5.74, 6) is -0.756. The number of hydrogen-bond donors (Lipinski definition) is 0. The predicted octanol–water partition coefficient (Wildman–Crippen LogP) is 13.2. The van der Waals surface area contributed by atoms with Crippen molar-refractivity contribution >= 4 is 35.2 Å². The first-order valence-corrected chi connectivity index (χ1v) is 22.7. The summed E-state index contributed by atoms with van der Waals surface area (Å²) >= 11 is 0. The van der Waals surface area contributed by atoms with Crippen LogP contribution in [0.5, 0.6) is 0 Å². The quantitative estimate of drug-likeness (QED) is 0.123. The van der Waals surface area contributed by atoms with Gasteiger partial charge in [-0.1, -0.05) is 152 Å². The zero-order chi connectivity index (χ0) is 41.5. The zero-order valence-electron chi connectivity index (χ0n) is 36.6. The van der Waals surface area contributed by atoms with Gasteiger partial charge in [0, 0.05) is 43.4 Å². The monoisotopic (exact) mass is 929 g/mol. The summed E-state index contributed by atoms with van der Waals surface area (Å²) in [6.07, 6.45) is 8.55. The predicted molar refractivity (Wildman–Crippen MR) is 234 cm³/mol. The number of rotatable bonds is 6. The Hall–Kier alpha value is -4.93. The van der Waals surface area contributed by atoms with Gasteiger partial charge in [0.15, 0.2) is 0 Å². The van der Waals surface area contributed by atoms with Crippen molar-refractivity contribution in [3.63, 3.8) is 0 Å². The van der Waals surface area contributed by atoms with E-state index in [2.05, 4.69) is 86.4 Å². The fourth-order valence-corrected chi connectivity index (χ4v) is 9.30. The van der Waals surface area contributed by atoms with Crippen LogP contribution in [0.3, 0.4) is 0 Å². The molecule has 1 aliphatic carbocycles. The van der Waals surface area contributed by atoms with Crippen LogP contribution in [0.1, 0.15) is 60.3 Å². The first kappa shape index (κ1) is 34.3. The van der Waals surface area contributed by atoms with E-state index in [-0.39, 0.29) is 25.7 Å². The molecule has 0 fully saturated rings. The summed E-state index contributed by atoms with van der Waals surface area (Å²) in [4.78, 5) is 9.45. The molecule has 0 N–H and O–H groups in total. The molecule has 0 saturated heterocycles. The molecule has 0 spiro atoms. The van der Waals surface area contributed by atoms with Gasteiger partial charge in [-0.2, -0.15) is 0 Å². The first-order chi connectivity index (χ1) is 28.2. The van der Waals surface area contributed by atoms with E-state index in [1.54, 1.807) is 6.07 Å². The molecule has 56 heavy (non-hydrogen) atoms. The molecule has 3 nitrogen and oxygen atoms in total. The van der Waals surface area contributed by atoms with E-state index in [1.807, 2.05) is 80.8 Å². The summed E-state index contributed by atoms with van der Waals surface area (Å²) in [5.41, 5.74) is 13.2. The molecule has 0 saturated carbocycles. The second-order valence-corrected chi connectivity index (χ2v) is 20.7. The molecule has 1 aliphatic rings. The minimum Gasteiger partial charge on any atom is -0.501 e. The molecule has 3 heterocycles. The topological polar surface area (TPSA) is 38.9 Å². The van der Waals surface area contributed by atoms with Crippen LogP contribution in [0, 0.1) is 19.0 Å². The minimum atomic E-state index is -2.23. The van der Waals surface area contributed by atoms with Gasteiger partial charge in [0.1, 0.15) is 5.58 Å². The average Bonchev–Trinajstić information content (AvgIpc) is 3.61. The second kappa shape index (κ2) is 16.7. The van der Waals surface area contributed by atoms with E-state index >= 15 is 0 Å². The second-order valence-electron chi connectivity index (χ2n) is 15.7. The van der Waals surface area contributed by atoms with Gasteiger partial charge in [-0.05, 0) is 77.0 Å². The van der Waals surface area contributed by atoms with Crippen molar-refractivity contribution in [3.05, 3.63) is 162 Å². The molecular weight excluding hydrogens is 877 g/mol. The van der Waals surface area contributed by atoms with Crippen molar-refractivity contribution in [2.24, 2.45) is 0 Å². The molecule has 1 radical (unpaired) electrons. The van der Waals surface area contributed by atoms with Crippen LogP contribution in [-0.2, 0) is 32.9 Å². The van der Waals surface area contributed by atoms with Gasteiger partial charge in [0.25, 0.3) is 0 Å². The standard InChI is InChI=1S/C27H20NO.C24H28NSi.Ir/c1-2-7-18(8-3-1)20-13-14-22-23-11-6-12-24(27(23)29-25(22)17-20)26-21-10-5-4-9-19(21)15-16-28-26;1-17(2)21-15-23(25-16-24(21)26(4,5)6)20-13-12-18(3)22(14-20)19-10-8-7-9-11-19;/h1-3,6-8,11,13-17H,4-5,9-10H2;7-12,14-17H,1-6H3;/q2*-1;/i;3D3,17D;. The maximum atomic E-state index is 8.66. The summed E-state index contributed by atoms with van der Waals surface area (Å²) in [5, 5.41) is 3.44. The Bertz CT molecular complexity index is 2790. The number of hydrogen-bond acceptors (Lipinski definition) is 3. The van der Waals surface area contributed by atoms with E-state index in [4.69, 9.17) is 19.9 Å². The van der Waals surface area contributed by atoms with E-state index in [9.17, 15) is 0 Å². The SMILES string of the molecule is [2H]C([2H])([2H])c1c[c-]c(-c2cc(C([2H])(C)C)c([Si](C)(C)C)cn2)cc1-c1ccccc1.[Ir].[c-]1ccc2c(oc3cc(-c4ccccc4)ccc32)c1-c1nccc2c1CCCC2. The van der Waals surface area contributed by atoms with Crippen LogP contribution in [0.4, 0.5) is 0 Å². The molecule has 283 valence electrons. The molecule has 0 unspecified atom stereocenters. The molecule has 5 heteroatoms. The molecule has 0 bridgehead atoms. The summed E-state index contributed by atoms with van der Waals surface area (Å²) in [6, 6.07) is 44.7. The van der Waals surface area contributed by atoms with Crippen molar-refractivity contribution in [2.45, 2.75) is 71.9 Å². The Labute approximate surface area is 352 Å². The van der Waals surface area contributed by atoms with Crippen molar-refractivity contribution in [1.82, 2.24) is 9.97 Å². The van der Waals surface area contributed by atoms with Gasteiger partial charge in [-0.15, -0.1) is 47.5 Å². The van der Waals surface area contributed by atoms with E-state index in [1.165, 1.54) is 34.7 Å². The van der Waals surface area contributed by atoms with Crippen LogP contribution in [0.25, 0.3) is 66.7 Å². The van der Waals surface area contributed by atoms with Crippen LogP contribution in [0.2, 0.25) is 19.6 Å². The first-order valence-electron chi connectivity index (χ1n) is 21.2. The Morgan fingerprint density at radius 2 is 1.54 bits per heavy atom. The Morgan fingerprint density at radius 3 is 2.27 bits per heavy atom. The molecule has 0 aliphatic heterocycles. The number of benzene rings is 5. The van der Waals surface area contributed by atoms with Gasteiger partial charge in [-0.25, -0.2) is 0 Å². The molecule has 5 aromatic carbocycles. The van der Waals surface area contributed by atoms with Gasteiger partial charge in [0.05, 0.1) is 13.7 Å². The normalized spacial score (nSPS) is 14.0. The van der Waals surface area contributed by atoms with E-state index in [0.717, 1.165) is 68.3 Å². The number of nitrogens with zero attached hydrogens (tertiary/aromatic N) is 2. The van der Waals surface area contributed by atoms with Gasteiger partial charge in [-0.3, -0.25) is 0 Å². The summed E-state index contributed by atoms with van der Waals surface area (Å²) in [6.45, 7) is 8.32. The molecule has 0 atom stereocenters. The largest absolute Gasteiger partial charge is 0.501 e. The van der Waals surface area contributed by atoms with Crippen LogP contribution >= 0.6 is 0 Å².